The van der Waals surface area contributed by atoms with Crippen LogP contribution in [0, 0.1) is 0 Å². The fourth-order valence-corrected chi connectivity index (χ4v) is 2.02. The molecule has 0 fully saturated rings. The molecule has 1 unspecified atom stereocenters. The minimum atomic E-state index is 0.125. The molecule has 3 heteroatoms. The average Bonchev–Trinajstić information content (AvgIpc) is 2.46. The lowest BCUT2D eigenvalue weighted by Crippen LogP contribution is -2.29. The van der Waals surface area contributed by atoms with Crippen molar-refractivity contribution in [2.75, 3.05) is 0 Å². The number of aryl methyl sites for hydroxylation is 1. The first-order valence-corrected chi connectivity index (χ1v) is 6.27. The number of nitrogens with one attached hydrogen (secondary N) is 1. The SMILES string of the molecule is CCc1ccc(CC(NN)c2ccncc2)cc1. The standard InChI is InChI=1S/C15H19N3/c1-2-12-3-5-13(6-4-12)11-15(18-16)14-7-9-17-10-8-14/h3-10,15,18H,2,11,16H2,1H3. The van der Waals surface area contributed by atoms with Gasteiger partial charge in [0, 0.05) is 12.4 Å². The van der Waals surface area contributed by atoms with Crippen molar-refractivity contribution in [3.05, 3.63) is 65.5 Å². The van der Waals surface area contributed by atoms with Crippen LogP contribution in [0.15, 0.2) is 48.8 Å². The van der Waals surface area contributed by atoms with Gasteiger partial charge in [-0.3, -0.25) is 16.3 Å². The fourth-order valence-electron chi connectivity index (χ4n) is 2.02. The van der Waals surface area contributed by atoms with E-state index in [9.17, 15) is 0 Å². The Hall–Kier alpha value is -1.71. The van der Waals surface area contributed by atoms with Gasteiger partial charge in [0.25, 0.3) is 0 Å². The smallest absolute Gasteiger partial charge is 0.0501 e. The number of hydrazine groups is 1. The number of rotatable bonds is 5. The molecule has 0 radical (unpaired) electrons. The number of nitrogens with two attached hydrogens (primary N) is 1. The second-order valence-corrected chi connectivity index (χ2v) is 4.37. The summed E-state index contributed by atoms with van der Waals surface area (Å²) < 4.78 is 0. The van der Waals surface area contributed by atoms with Gasteiger partial charge in [-0.15, -0.1) is 0 Å². The Morgan fingerprint density at radius 3 is 2.22 bits per heavy atom. The zero-order chi connectivity index (χ0) is 12.8. The van der Waals surface area contributed by atoms with Crippen LogP contribution >= 0.6 is 0 Å². The highest BCUT2D eigenvalue weighted by atomic mass is 15.2. The molecule has 0 amide bonds. The van der Waals surface area contributed by atoms with Gasteiger partial charge in [0.05, 0.1) is 6.04 Å². The first kappa shape index (κ1) is 12.7. The molecule has 0 saturated carbocycles. The number of hydrogen-bond acceptors (Lipinski definition) is 3. The van der Waals surface area contributed by atoms with Crippen molar-refractivity contribution in [2.45, 2.75) is 25.8 Å². The van der Waals surface area contributed by atoms with E-state index >= 15 is 0 Å². The van der Waals surface area contributed by atoms with Crippen LogP contribution < -0.4 is 11.3 Å². The molecule has 2 aromatic rings. The third kappa shape index (κ3) is 3.15. The molecule has 2 rings (SSSR count). The summed E-state index contributed by atoms with van der Waals surface area (Å²) in [5.41, 5.74) is 6.67. The third-order valence-electron chi connectivity index (χ3n) is 3.18. The van der Waals surface area contributed by atoms with Gasteiger partial charge < -0.3 is 0 Å². The third-order valence-corrected chi connectivity index (χ3v) is 3.18. The van der Waals surface area contributed by atoms with E-state index < -0.39 is 0 Å². The van der Waals surface area contributed by atoms with Crippen LogP contribution in [0.2, 0.25) is 0 Å². The summed E-state index contributed by atoms with van der Waals surface area (Å²) in [4.78, 5) is 4.02. The van der Waals surface area contributed by atoms with Gasteiger partial charge in [-0.2, -0.15) is 0 Å². The van der Waals surface area contributed by atoms with Gasteiger partial charge in [-0.05, 0) is 41.7 Å². The second-order valence-electron chi connectivity index (χ2n) is 4.37. The Morgan fingerprint density at radius 1 is 1.06 bits per heavy atom. The van der Waals surface area contributed by atoms with Gasteiger partial charge in [0.1, 0.15) is 0 Å². The van der Waals surface area contributed by atoms with Crippen LogP contribution in [0.3, 0.4) is 0 Å². The van der Waals surface area contributed by atoms with E-state index in [-0.39, 0.29) is 6.04 Å². The van der Waals surface area contributed by atoms with E-state index in [0.717, 1.165) is 18.4 Å². The maximum absolute atomic E-state index is 5.64. The van der Waals surface area contributed by atoms with E-state index in [1.165, 1.54) is 11.1 Å². The second kappa shape index (κ2) is 6.28. The van der Waals surface area contributed by atoms with E-state index in [0.29, 0.717) is 0 Å². The monoisotopic (exact) mass is 241 g/mol. The number of pyridine rings is 1. The van der Waals surface area contributed by atoms with Gasteiger partial charge in [-0.25, -0.2) is 0 Å². The van der Waals surface area contributed by atoms with Gasteiger partial charge >= 0.3 is 0 Å². The molecule has 94 valence electrons. The Kier molecular flexibility index (Phi) is 4.45. The molecule has 0 spiro atoms. The summed E-state index contributed by atoms with van der Waals surface area (Å²) in [7, 11) is 0. The summed E-state index contributed by atoms with van der Waals surface area (Å²) in [6.07, 6.45) is 5.54. The highest BCUT2D eigenvalue weighted by molar-refractivity contribution is 5.25. The van der Waals surface area contributed by atoms with Crippen molar-refractivity contribution in [3.63, 3.8) is 0 Å². The van der Waals surface area contributed by atoms with E-state index in [2.05, 4.69) is 41.6 Å². The zero-order valence-electron chi connectivity index (χ0n) is 10.6. The summed E-state index contributed by atoms with van der Waals surface area (Å²) in [5, 5.41) is 0. The van der Waals surface area contributed by atoms with Gasteiger partial charge in [0.2, 0.25) is 0 Å². The Morgan fingerprint density at radius 2 is 1.67 bits per heavy atom. The predicted molar refractivity (Wildman–Crippen MR) is 73.8 cm³/mol. The van der Waals surface area contributed by atoms with Crippen molar-refractivity contribution in [3.8, 4) is 0 Å². The summed E-state index contributed by atoms with van der Waals surface area (Å²) in [6.45, 7) is 2.16. The fraction of sp³-hybridized carbons (Fsp3) is 0.267. The minimum Gasteiger partial charge on any atom is -0.271 e. The lowest BCUT2D eigenvalue weighted by atomic mass is 9.99. The van der Waals surface area contributed by atoms with Gasteiger partial charge in [-0.1, -0.05) is 31.2 Å². The van der Waals surface area contributed by atoms with E-state index in [4.69, 9.17) is 5.84 Å². The molecule has 18 heavy (non-hydrogen) atoms. The molecule has 1 atom stereocenters. The summed E-state index contributed by atoms with van der Waals surface area (Å²) in [5.74, 6) is 5.64. The maximum Gasteiger partial charge on any atom is 0.0501 e. The molecule has 3 nitrogen and oxygen atoms in total. The average molecular weight is 241 g/mol. The highest BCUT2D eigenvalue weighted by Crippen LogP contribution is 2.17. The Labute approximate surface area is 108 Å². The van der Waals surface area contributed by atoms with Gasteiger partial charge in [0.15, 0.2) is 0 Å². The lowest BCUT2D eigenvalue weighted by Gasteiger charge is -2.16. The minimum absolute atomic E-state index is 0.125. The van der Waals surface area contributed by atoms with E-state index in [1.807, 2.05) is 12.1 Å². The van der Waals surface area contributed by atoms with Crippen LogP contribution in [-0.4, -0.2) is 4.98 Å². The largest absolute Gasteiger partial charge is 0.271 e. The summed E-state index contributed by atoms with van der Waals surface area (Å²) >= 11 is 0. The highest BCUT2D eigenvalue weighted by Gasteiger charge is 2.09. The van der Waals surface area contributed by atoms with Crippen LogP contribution in [-0.2, 0) is 12.8 Å². The molecule has 0 aliphatic heterocycles. The molecule has 1 aromatic carbocycles. The molecule has 0 aliphatic rings. The number of benzene rings is 1. The van der Waals surface area contributed by atoms with Crippen LogP contribution in [0.1, 0.15) is 29.7 Å². The van der Waals surface area contributed by atoms with Crippen LogP contribution in [0.5, 0.6) is 0 Å². The first-order valence-electron chi connectivity index (χ1n) is 6.27. The van der Waals surface area contributed by atoms with Crippen molar-refractivity contribution in [1.29, 1.82) is 0 Å². The number of nitrogens with zero attached hydrogens (tertiary/aromatic N) is 1. The quantitative estimate of drug-likeness (QED) is 0.624. The number of aromatic nitrogens is 1. The summed E-state index contributed by atoms with van der Waals surface area (Å²) in [6, 6.07) is 12.8. The maximum atomic E-state index is 5.64. The van der Waals surface area contributed by atoms with Crippen molar-refractivity contribution in [1.82, 2.24) is 10.4 Å². The van der Waals surface area contributed by atoms with Crippen molar-refractivity contribution >= 4 is 0 Å². The first-order chi connectivity index (χ1) is 8.83. The Bertz CT molecular complexity index is 465. The van der Waals surface area contributed by atoms with Crippen molar-refractivity contribution < 1.29 is 0 Å². The van der Waals surface area contributed by atoms with Crippen molar-refractivity contribution in [2.24, 2.45) is 5.84 Å². The normalized spacial score (nSPS) is 12.3. The number of hydrogen-bond donors (Lipinski definition) is 2. The van der Waals surface area contributed by atoms with E-state index in [1.54, 1.807) is 12.4 Å². The molecule has 0 saturated heterocycles. The molecule has 1 aromatic heterocycles. The molecule has 0 aliphatic carbocycles. The lowest BCUT2D eigenvalue weighted by molar-refractivity contribution is 0.551. The van der Waals surface area contributed by atoms with Crippen LogP contribution in [0.25, 0.3) is 0 Å². The molecular formula is C15H19N3. The molecular weight excluding hydrogens is 222 g/mol. The predicted octanol–water partition coefficient (Wildman–Crippen LogP) is 2.39. The molecule has 0 bridgehead atoms. The zero-order valence-corrected chi connectivity index (χ0v) is 10.6. The molecule has 3 N–H and O–H groups in total. The molecule has 1 heterocycles. The Balaban J connectivity index is 2.10. The topological polar surface area (TPSA) is 50.9 Å². The van der Waals surface area contributed by atoms with Crippen LogP contribution in [0.4, 0.5) is 0 Å².